The van der Waals surface area contributed by atoms with Crippen LogP contribution in [0.15, 0.2) is 18.6 Å². The number of nitrogens with zero attached hydrogens (tertiary/aromatic N) is 2. The van der Waals surface area contributed by atoms with Crippen molar-refractivity contribution in [2.24, 2.45) is 0 Å². The minimum absolute atomic E-state index is 0.491. The molecule has 0 aliphatic heterocycles. The average molecular weight is 165 g/mol. The van der Waals surface area contributed by atoms with Crippen molar-refractivity contribution in [2.75, 3.05) is 6.54 Å². The molecule has 1 aromatic rings. The Morgan fingerprint density at radius 1 is 1.58 bits per heavy atom. The molecule has 1 unspecified atom stereocenters. The van der Waals surface area contributed by atoms with E-state index in [0.717, 1.165) is 18.7 Å². The third-order valence-electron chi connectivity index (χ3n) is 1.71. The normalized spacial score (nSPS) is 12.8. The molecule has 1 rings (SSSR count). The Morgan fingerprint density at radius 3 is 3.00 bits per heavy atom. The van der Waals surface area contributed by atoms with Crippen molar-refractivity contribution in [1.82, 2.24) is 15.3 Å². The van der Waals surface area contributed by atoms with E-state index in [9.17, 15) is 0 Å². The van der Waals surface area contributed by atoms with Crippen molar-refractivity contribution >= 4 is 0 Å². The van der Waals surface area contributed by atoms with E-state index in [1.165, 1.54) is 0 Å². The van der Waals surface area contributed by atoms with E-state index in [1.807, 2.05) is 6.07 Å². The number of rotatable bonds is 4. The first-order valence-corrected chi connectivity index (χ1v) is 4.31. The highest BCUT2D eigenvalue weighted by Crippen LogP contribution is 1.96. The summed E-state index contributed by atoms with van der Waals surface area (Å²) in [6.07, 6.45) is 4.34. The molecule has 1 aromatic heterocycles. The van der Waals surface area contributed by atoms with E-state index in [-0.39, 0.29) is 0 Å². The Balaban J connectivity index is 2.41. The van der Waals surface area contributed by atoms with Gasteiger partial charge in [-0.1, -0.05) is 6.92 Å². The molecule has 66 valence electrons. The van der Waals surface area contributed by atoms with Gasteiger partial charge in [-0.3, -0.25) is 0 Å². The van der Waals surface area contributed by atoms with E-state index in [0.29, 0.717) is 6.04 Å². The molecule has 0 radical (unpaired) electrons. The fraction of sp³-hybridized carbons (Fsp3) is 0.556. The van der Waals surface area contributed by atoms with Crippen molar-refractivity contribution in [3.63, 3.8) is 0 Å². The smallest absolute Gasteiger partial charge is 0.115 e. The molecule has 1 N–H and O–H groups in total. The molecule has 3 heteroatoms. The molecule has 12 heavy (non-hydrogen) atoms. The number of hydrogen-bond donors (Lipinski definition) is 1. The second kappa shape index (κ2) is 4.83. The topological polar surface area (TPSA) is 37.8 Å². The molecule has 0 aliphatic rings. The van der Waals surface area contributed by atoms with Gasteiger partial charge >= 0.3 is 0 Å². The zero-order chi connectivity index (χ0) is 8.81. The SMILES string of the molecule is CCNC(C)Cc1ccncn1. The van der Waals surface area contributed by atoms with Crippen molar-refractivity contribution in [3.05, 3.63) is 24.3 Å². The molecule has 0 amide bonds. The van der Waals surface area contributed by atoms with Gasteiger partial charge in [0.05, 0.1) is 0 Å². The Labute approximate surface area is 73.2 Å². The number of aromatic nitrogens is 2. The van der Waals surface area contributed by atoms with Gasteiger partial charge in [0.15, 0.2) is 0 Å². The highest BCUT2D eigenvalue weighted by molar-refractivity contribution is 4.99. The van der Waals surface area contributed by atoms with Crippen LogP contribution in [-0.2, 0) is 6.42 Å². The second-order valence-corrected chi connectivity index (χ2v) is 2.86. The maximum Gasteiger partial charge on any atom is 0.115 e. The molecule has 0 bridgehead atoms. The maximum absolute atomic E-state index is 4.15. The number of likely N-dealkylation sites (N-methyl/N-ethyl adjacent to an activating group) is 1. The van der Waals surface area contributed by atoms with E-state index >= 15 is 0 Å². The fourth-order valence-corrected chi connectivity index (χ4v) is 1.17. The molecule has 3 nitrogen and oxygen atoms in total. The van der Waals surface area contributed by atoms with Crippen LogP contribution in [0.5, 0.6) is 0 Å². The lowest BCUT2D eigenvalue weighted by Crippen LogP contribution is -2.27. The highest BCUT2D eigenvalue weighted by Gasteiger charge is 2.01. The molecule has 0 saturated carbocycles. The minimum atomic E-state index is 0.491. The van der Waals surface area contributed by atoms with Crippen LogP contribution in [0.3, 0.4) is 0 Å². The Morgan fingerprint density at radius 2 is 2.42 bits per heavy atom. The van der Waals surface area contributed by atoms with Crippen molar-refractivity contribution in [2.45, 2.75) is 26.3 Å². The molecule has 0 saturated heterocycles. The predicted octanol–water partition coefficient (Wildman–Crippen LogP) is 1.02. The summed E-state index contributed by atoms with van der Waals surface area (Å²) in [5.41, 5.74) is 1.10. The zero-order valence-electron chi connectivity index (χ0n) is 7.62. The lowest BCUT2D eigenvalue weighted by Gasteiger charge is -2.10. The van der Waals surface area contributed by atoms with Crippen LogP contribution in [0, 0.1) is 0 Å². The number of hydrogen-bond acceptors (Lipinski definition) is 3. The van der Waals surface area contributed by atoms with Crippen LogP contribution in [0.4, 0.5) is 0 Å². The van der Waals surface area contributed by atoms with E-state index in [4.69, 9.17) is 0 Å². The van der Waals surface area contributed by atoms with E-state index in [1.54, 1.807) is 12.5 Å². The van der Waals surface area contributed by atoms with Crippen LogP contribution < -0.4 is 5.32 Å². The molecule has 0 spiro atoms. The summed E-state index contributed by atoms with van der Waals surface area (Å²) in [5.74, 6) is 0. The molecule has 1 heterocycles. The van der Waals surface area contributed by atoms with Gasteiger partial charge in [0.2, 0.25) is 0 Å². The summed E-state index contributed by atoms with van der Waals surface area (Å²) in [7, 11) is 0. The van der Waals surface area contributed by atoms with Gasteiger partial charge in [0, 0.05) is 24.4 Å². The summed E-state index contributed by atoms with van der Waals surface area (Å²) < 4.78 is 0. The Kier molecular flexibility index (Phi) is 3.67. The lowest BCUT2D eigenvalue weighted by molar-refractivity contribution is 0.559. The van der Waals surface area contributed by atoms with Crippen molar-refractivity contribution < 1.29 is 0 Å². The predicted molar refractivity (Wildman–Crippen MR) is 48.9 cm³/mol. The summed E-state index contributed by atoms with van der Waals surface area (Å²) in [6.45, 7) is 5.27. The Bertz CT molecular complexity index is 210. The fourth-order valence-electron chi connectivity index (χ4n) is 1.17. The van der Waals surface area contributed by atoms with Gasteiger partial charge in [-0.25, -0.2) is 9.97 Å². The second-order valence-electron chi connectivity index (χ2n) is 2.86. The van der Waals surface area contributed by atoms with Gasteiger partial charge in [-0.05, 0) is 19.5 Å². The molecule has 0 aliphatic carbocycles. The zero-order valence-corrected chi connectivity index (χ0v) is 7.62. The van der Waals surface area contributed by atoms with Gasteiger partial charge in [0.25, 0.3) is 0 Å². The van der Waals surface area contributed by atoms with Crippen molar-refractivity contribution in [1.29, 1.82) is 0 Å². The van der Waals surface area contributed by atoms with Gasteiger partial charge in [0.1, 0.15) is 6.33 Å². The molecular formula is C9H15N3. The van der Waals surface area contributed by atoms with Crippen LogP contribution in [0.25, 0.3) is 0 Å². The standard InChI is InChI=1S/C9H15N3/c1-3-11-8(2)6-9-4-5-10-7-12-9/h4-5,7-8,11H,3,6H2,1-2H3. The average Bonchev–Trinajstić information content (AvgIpc) is 2.06. The first kappa shape index (κ1) is 9.13. The lowest BCUT2D eigenvalue weighted by atomic mass is 10.2. The number of nitrogens with one attached hydrogen (secondary N) is 1. The summed E-state index contributed by atoms with van der Waals surface area (Å²) >= 11 is 0. The molecule has 0 aromatic carbocycles. The largest absolute Gasteiger partial charge is 0.314 e. The van der Waals surface area contributed by atoms with Gasteiger partial charge in [-0.15, -0.1) is 0 Å². The van der Waals surface area contributed by atoms with Crippen molar-refractivity contribution in [3.8, 4) is 0 Å². The van der Waals surface area contributed by atoms with Gasteiger partial charge in [-0.2, -0.15) is 0 Å². The van der Waals surface area contributed by atoms with E-state index < -0.39 is 0 Å². The molecule has 0 fully saturated rings. The maximum atomic E-state index is 4.15. The first-order valence-electron chi connectivity index (χ1n) is 4.31. The van der Waals surface area contributed by atoms with Gasteiger partial charge < -0.3 is 5.32 Å². The van der Waals surface area contributed by atoms with Crippen LogP contribution >= 0.6 is 0 Å². The molecule has 1 atom stereocenters. The van der Waals surface area contributed by atoms with Crippen LogP contribution in [-0.4, -0.2) is 22.6 Å². The third kappa shape index (κ3) is 2.96. The monoisotopic (exact) mass is 165 g/mol. The minimum Gasteiger partial charge on any atom is -0.314 e. The Hall–Kier alpha value is -0.960. The molecular weight excluding hydrogens is 150 g/mol. The first-order chi connectivity index (χ1) is 5.83. The van der Waals surface area contributed by atoms with Crippen LogP contribution in [0.1, 0.15) is 19.5 Å². The summed E-state index contributed by atoms with van der Waals surface area (Å²) in [4.78, 5) is 8.02. The highest BCUT2D eigenvalue weighted by atomic mass is 14.9. The van der Waals surface area contributed by atoms with Crippen LogP contribution in [0.2, 0.25) is 0 Å². The summed E-state index contributed by atoms with van der Waals surface area (Å²) in [5, 5.41) is 3.33. The third-order valence-corrected chi connectivity index (χ3v) is 1.71. The quantitative estimate of drug-likeness (QED) is 0.723. The summed E-state index contributed by atoms with van der Waals surface area (Å²) in [6, 6.07) is 2.44. The van der Waals surface area contributed by atoms with E-state index in [2.05, 4.69) is 29.1 Å².